The summed E-state index contributed by atoms with van der Waals surface area (Å²) in [5.74, 6) is -1.07. The number of nitrogens with zero attached hydrogens (tertiary/aromatic N) is 2. The Hall–Kier alpha value is -2.98. The molecular weight excluding hydrogens is 496 g/mol. The minimum Gasteiger partial charge on any atom is -0.462 e. The number of thioether (sulfide) groups is 1. The molecule has 1 unspecified atom stereocenters. The summed E-state index contributed by atoms with van der Waals surface area (Å²) >= 11 is 4.52. The molecule has 0 spiro atoms. The summed E-state index contributed by atoms with van der Waals surface area (Å²) in [6.45, 7) is 3.83. The van der Waals surface area contributed by atoms with Crippen molar-refractivity contribution in [3.63, 3.8) is 0 Å². The van der Waals surface area contributed by atoms with Crippen molar-refractivity contribution < 1.29 is 19.1 Å². The second-order valence-electron chi connectivity index (χ2n) is 6.74. The van der Waals surface area contributed by atoms with Crippen LogP contribution in [0, 0.1) is 0 Å². The molecule has 1 saturated heterocycles. The number of esters is 1. The van der Waals surface area contributed by atoms with Crippen LogP contribution in [0.15, 0.2) is 63.2 Å². The van der Waals surface area contributed by atoms with Gasteiger partial charge in [0.25, 0.3) is 0 Å². The fourth-order valence-electron chi connectivity index (χ4n) is 2.74. The van der Waals surface area contributed by atoms with Gasteiger partial charge in [-0.15, -0.1) is 5.10 Å². The minimum atomic E-state index is -0.657. The zero-order chi connectivity index (χ0) is 23.1. The van der Waals surface area contributed by atoms with Crippen molar-refractivity contribution in [1.82, 2.24) is 5.32 Å². The molecule has 0 radical (unpaired) electrons. The van der Waals surface area contributed by atoms with Gasteiger partial charge in [-0.1, -0.05) is 39.8 Å². The van der Waals surface area contributed by atoms with Gasteiger partial charge in [0, 0.05) is 16.6 Å². The summed E-state index contributed by atoms with van der Waals surface area (Å²) in [5.41, 5.74) is 2.47. The highest BCUT2D eigenvalue weighted by Crippen LogP contribution is 2.23. The van der Waals surface area contributed by atoms with Gasteiger partial charge in [0.05, 0.1) is 17.9 Å². The molecule has 8 nitrogen and oxygen atoms in total. The van der Waals surface area contributed by atoms with Crippen molar-refractivity contribution in [2.45, 2.75) is 25.5 Å². The van der Waals surface area contributed by atoms with E-state index in [1.165, 1.54) is 0 Å². The number of nitrogens with one attached hydrogen (secondary N) is 2. The molecule has 1 aliphatic heterocycles. The number of ether oxygens (including phenoxy) is 1. The van der Waals surface area contributed by atoms with Crippen LogP contribution >= 0.6 is 27.7 Å². The van der Waals surface area contributed by atoms with E-state index >= 15 is 0 Å². The predicted molar refractivity (Wildman–Crippen MR) is 129 cm³/mol. The van der Waals surface area contributed by atoms with Crippen LogP contribution in [0.1, 0.15) is 36.2 Å². The SMILES string of the molecule is CCOC(=O)c1ccc(NC(=O)C2CC(=O)NC(=NN=C(C)c3ccc(Br)cc3)S2)cc1. The van der Waals surface area contributed by atoms with Crippen LogP contribution in [0.2, 0.25) is 0 Å². The number of anilines is 1. The van der Waals surface area contributed by atoms with Gasteiger partial charge < -0.3 is 15.4 Å². The Labute approximate surface area is 198 Å². The third-order valence-corrected chi connectivity index (χ3v) is 5.98. The molecule has 0 aromatic heterocycles. The highest BCUT2D eigenvalue weighted by atomic mass is 79.9. The molecule has 10 heteroatoms. The average Bonchev–Trinajstić information content (AvgIpc) is 2.78. The molecule has 1 atom stereocenters. The zero-order valence-electron chi connectivity index (χ0n) is 17.4. The molecule has 166 valence electrons. The van der Waals surface area contributed by atoms with Crippen molar-refractivity contribution in [3.05, 3.63) is 64.1 Å². The summed E-state index contributed by atoms with van der Waals surface area (Å²) in [6.07, 6.45) is 0.0197. The van der Waals surface area contributed by atoms with Gasteiger partial charge in [-0.05, 0) is 55.8 Å². The van der Waals surface area contributed by atoms with Crippen LogP contribution < -0.4 is 10.6 Å². The lowest BCUT2D eigenvalue weighted by Crippen LogP contribution is -2.41. The first-order valence-electron chi connectivity index (χ1n) is 9.78. The van der Waals surface area contributed by atoms with Crippen molar-refractivity contribution in [2.75, 3.05) is 11.9 Å². The second kappa shape index (κ2) is 11.1. The Bertz CT molecular complexity index is 1070. The van der Waals surface area contributed by atoms with Gasteiger partial charge in [-0.2, -0.15) is 5.10 Å². The summed E-state index contributed by atoms with van der Waals surface area (Å²) in [7, 11) is 0. The number of hydrogen-bond acceptors (Lipinski definition) is 7. The lowest BCUT2D eigenvalue weighted by atomic mass is 10.1. The molecule has 2 amide bonds. The van der Waals surface area contributed by atoms with Gasteiger partial charge in [-0.3, -0.25) is 9.59 Å². The van der Waals surface area contributed by atoms with Crippen molar-refractivity contribution in [2.24, 2.45) is 10.2 Å². The number of halogens is 1. The quantitative estimate of drug-likeness (QED) is 0.343. The topological polar surface area (TPSA) is 109 Å². The van der Waals surface area contributed by atoms with Crippen LogP contribution in [0.25, 0.3) is 0 Å². The van der Waals surface area contributed by atoms with Gasteiger partial charge in [-0.25, -0.2) is 4.79 Å². The lowest BCUT2D eigenvalue weighted by Gasteiger charge is -2.21. The molecule has 2 N–H and O–H groups in total. The van der Waals surface area contributed by atoms with Crippen molar-refractivity contribution in [1.29, 1.82) is 0 Å². The number of carbonyl (C=O) groups is 3. The summed E-state index contributed by atoms with van der Waals surface area (Å²) in [4.78, 5) is 36.5. The monoisotopic (exact) mass is 516 g/mol. The Morgan fingerprint density at radius 1 is 1.16 bits per heavy atom. The highest BCUT2D eigenvalue weighted by molar-refractivity contribution is 9.10. The van der Waals surface area contributed by atoms with Crippen LogP contribution in [0.4, 0.5) is 5.69 Å². The third kappa shape index (κ3) is 6.51. The van der Waals surface area contributed by atoms with E-state index in [0.29, 0.717) is 17.0 Å². The lowest BCUT2D eigenvalue weighted by molar-refractivity contribution is -0.123. The second-order valence-corrected chi connectivity index (χ2v) is 8.85. The zero-order valence-corrected chi connectivity index (χ0v) is 19.8. The summed E-state index contributed by atoms with van der Waals surface area (Å²) < 4.78 is 5.90. The molecule has 1 heterocycles. The Morgan fingerprint density at radius 3 is 2.47 bits per heavy atom. The number of hydrogen-bond donors (Lipinski definition) is 2. The fraction of sp³-hybridized carbons (Fsp3) is 0.227. The normalized spacial score (nSPS) is 17.6. The van der Waals surface area contributed by atoms with E-state index in [9.17, 15) is 14.4 Å². The molecule has 2 aromatic carbocycles. The third-order valence-electron chi connectivity index (χ3n) is 4.38. The van der Waals surface area contributed by atoms with E-state index in [1.54, 1.807) is 31.2 Å². The standard InChI is InChI=1S/C22H21BrN4O4S/c1-3-31-21(30)15-6-10-17(11-7-15)24-20(29)18-12-19(28)25-22(32-18)27-26-13(2)14-4-8-16(23)9-5-14/h4-11,18H,3,12H2,1-2H3,(H,24,29)(H,25,27,28). The van der Waals surface area contributed by atoms with Gasteiger partial charge in [0.2, 0.25) is 11.8 Å². The van der Waals surface area contributed by atoms with Gasteiger partial charge >= 0.3 is 5.97 Å². The number of amidine groups is 1. The van der Waals surface area contributed by atoms with E-state index in [1.807, 2.05) is 31.2 Å². The van der Waals surface area contributed by atoms with Crippen LogP contribution in [0.5, 0.6) is 0 Å². The molecule has 0 aliphatic carbocycles. The number of carbonyl (C=O) groups excluding carboxylic acids is 3. The van der Waals surface area contributed by atoms with Gasteiger partial charge in [0.1, 0.15) is 5.25 Å². The number of benzene rings is 2. The average molecular weight is 517 g/mol. The van der Waals surface area contributed by atoms with Crippen LogP contribution in [-0.2, 0) is 14.3 Å². The molecule has 1 aliphatic rings. The largest absolute Gasteiger partial charge is 0.462 e. The van der Waals surface area contributed by atoms with Crippen molar-refractivity contribution in [3.8, 4) is 0 Å². The van der Waals surface area contributed by atoms with E-state index < -0.39 is 11.2 Å². The van der Waals surface area contributed by atoms with E-state index in [2.05, 4.69) is 36.8 Å². The van der Waals surface area contributed by atoms with Crippen molar-refractivity contribution >= 4 is 62.0 Å². The first-order valence-corrected chi connectivity index (χ1v) is 11.5. The Kier molecular flexibility index (Phi) is 8.18. The smallest absolute Gasteiger partial charge is 0.338 e. The molecule has 3 rings (SSSR count). The predicted octanol–water partition coefficient (Wildman–Crippen LogP) is 3.97. The Morgan fingerprint density at radius 2 is 1.81 bits per heavy atom. The number of amides is 2. The van der Waals surface area contributed by atoms with E-state index in [0.717, 1.165) is 21.8 Å². The van der Waals surface area contributed by atoms with Gasteiger partial charge in [0.15, 0.2) is 5.17 Å². The van der Waals surface area contributed by atoms with E-state index in [4.69, 9.17) is 4.74 Å². The molecule has 0 saturated carbocycles. The molecule has 1 fully saturated rings. The minimum absolute atomic E-state index is 0.0197. The maximum atomic E-state index is 12.7. The highest BCUT2D eigenvalue weighted by Gasteiger charge is 2.30. The fourth-order valence-corrected chi connectivity index (χ4v) is 3.93. The molecule has 0 bridgehead atoms. The molecule has 32 heavy (non-hydrogen) atoms. The number of rotatable bonds is 6. The van der Waals surface area contributed by atoms with Crippen LogP contribution in [-0.4, -0.2) is 40.5 Å². The molecular formula is C22H21BrN4O4S. The Balaban J connectivity index is 1.65. The maximum Gasteiger partial charge on any atom is 0.338 e. The van der Waals surface area contributed by atoms with E-state index in [-0.39, 0.29) is 30.0 Å². The maximum absolute atomic E-state index is 12.7. The first-order chi connectivity index (χ1) is 15.4. The molecule has 2 aromatic rings. The summed E-state index contributed by atoms with van der Waals surface area (Å²) in [6, 6.07) is 14.0. The summed E-state index contributed by atoms with van der Waals surface area (Å²) in [5, 5.41) is 13.3. The first kappa shape index (κ1) is 23.7. The van der Waals surface area contributed by atoms with Crippen LogP contribution in [0.3, 0.4) is 0 Å².